The van der Waals surface area contributed by atoms with E-state index in [1.807, 2.05) is 32.9 Å². The highest BCUT2D eigenvalue weighted by atomic mass is 16.6. The van der Waals surface area contributed by atoms with Crippen LogP contribution < -0.4 is 14.8 Å². The van der Waals surface area contributed by atoms with Crippen LogP contribution in [0.3, 0.4) is 0 Å². The minimum Gasteiger partial charge on any atom is -0.619 e. The number of nitrogens with one attached hydrogen (secondary N) is 1. The van der Waals surface area contributed by atoms with E-state index in [2.05, 4.69) is 5.32 Å². The molecule has 1 amide bonds. The molecule has 122 valence electrons. The number of hydrogen-bond acceptors (Lipinski definition) is 4. The second kappa shape index (κ2) is 7.00. The van der Waals surface area contributed by atoms with Crippen LogP contribution in [-0.2, 0) is 11.3 Å². The molecule has 1 heterocycles. The first-order valence-electron chi connectivity index (χ1n) is 7.24. The average molecular weight is 316 g/mol. The predicted octanol–water partition coefficient (Wildman–Crippen LogP) is 3.14. The Hall–Kier alpha value is -2.76. The number of ether oxygens (including phenoxy) is 2. The van der Waals surface area contributed by atoms with E-state index in [0.717, 1.165) is 5.56 Å². The Kier molecular flexibility index (Phi) is 5.05. The summed E-state index contributed by atoms with van der Waals surface area (Å²) in [5.41, 5.74) is 0.411. The molecule has 1 aromatic heterocycles. The minimum atomic E-state index is -0.514. The summed E-state index contributed by atoms with van der Waals surface area (Å²) in [5, 5.41) is 13.6. The Morgan fingerprint density at radius 1 is 1.09 bits per heavy atom. The minimum absolute atomic E-state index is 0.372. The van der Waals surface area contributed by atoms with Crippen molar-refractivity contribution < 1.29 is 19.0 Å². The Balaban J connectivity index is 1.87. The summed E-state index contributed by atoms with van der Waals surface area (Å²) in [5.74, 6) is 1.23. The third kappa shape index (κ3) is 5.86. The molecule has 1 N–H and O–H groups in total. The number of carbonyl (C=O) groups is 1. The van der Waals surface area contributed by atoms with Gasteiger partial charge in [-0.25, -0.2) is 4.79 Å². The van der Waals surface area contributed by atoms with Crippen LogP contribution in [0.5, 0.6) is 11.5 Å². The highest BCUT2D eigenvalue weighted by Crippen LogP contribution is 2.20. The fourth-order valence-electron chi connectivity index (χ4n) is 1.77. The molecule has 0 bridgehead atoms. The van der Waals surface area contributed by atoms with Gasteiger partial charge in [0.2, 0.25) is 0 Å². The Labute approximate surface area is 135 Å². The number of alkyl carbamates (subject to hydrolysis) is 1. The maximum atomic E-state index is 11.6. The standard InChI is InChI=1S/C17H20N2O4/c1-17(2,3)23-16(20)18-12-13-4-6-14(7-5-13)22-15-8-10-19(21)11-9-15/h4-11H,12H2,1-3H3,(H,18,20). The zero-order valence-corrected chi connectivity index (χ0v) is 13.4. The van der Waals surface area contributed by atoms with Crippen molar-refractivity contribution in [2.24, 2.45) is 0 Å². The van der Waals surface area contributed by atoms with E-state index in [4.69, 9.17) is 9.47 Å². The van der Waals surface area contributed by atoms with Crippen molar-refractivity contribution >= 4 is 6.09 Å². The fourth-order valence-corrected chi connectivity index (χ4v) is 1.77. The van der Waals surface area contributed by atoms with E-state index >= 15 is 0 Å². The Morgan fingerprint density at radius 3 is 2.22 bits per heavy atom. The van der Waals surface area contributed by atoms with Gasteiger partial charge in [-0.05, 0) is 38.5 Å². The van der Waals surface area contributed by atoms with E-state index in [1.165, 1.54) is 12.4 Å². The van der Waals surface area contributed by atoms with Gasteiger partial charge in [-0.3, -0.25) is 0 Å². The number of rotatable bonds is 4. The third-order valence-electron chi connectivity index (χ3n) is 2.77. The van der Waals surface area contributed by atoms with Crippen LogP contribution in [0.15, 0.2) is 48.8 Å². The Morgan fingerprint density at radius 2 is 1.65 bits per heavy atom. The van der Waals surface area contributed by atoms with Gasteiger partial charge in [0.25, 0.3) is 0 Å². The van der Waals surface area contributed by atoms with E-state index in [-0.39, 0.29) is 0 Å². The molecule has 0 spiro atoms. The van der Waals surface area contributed by atoms with Crippen molar-refractivity contribution in [2.75, 3.05) is 0 Å². The molecule has 0 fully saturated rings. The summed E-state index contributed by atoms with van der Waals surface area (Å²) in [6.45, 7) is 5.82. The molecule has 23 heavy (non-hydrogen) atoms. The molecule has 1 aromatic carbocycles. The van der Waals surface area contributed by atoms with Crippen molar-refractivity contribution in [3.63, 3.8) is 0 Å². The molecule has 0 aliphatic heterocycles. The number of hydrogen-bond donors (Lipinski definition) is 1. The van der Waals surface area contributed by atoms with Gasteiger partial charge in [0.1, 0.15) is 17.1 Å². The molecule has 2 rings (SSSR count). The SMILES string of the molecule is CC(C)(C)OC(=O)NCc1ccc(Oc2cc[n+]([O-])cc2)cc1. The normalized spacial score (nSPS) is 10.9. The predicted molar refractivity (Wildman–Crippen MR) is 85.0 cm³/mol. The van der Waals surface area contributed by atoms with Gasteiger partial charge in [-0.1, -0.05) is 12.1 Å². The smallest absolute Gasteiger partial charge is 0.407 e. The molecule has 0 aliphatic rings. The monoisotopic (exact) mass is 316 g/mol. The van der Waals surface area contributed by atoms with Gasteiger partial charge >= 0.3 is 6.09 Å². The number of benzene rings is 1. The topological polar surface area (TPSA) is 74.5 Å². The molecule has 0 radical (unpaired) electrons. The lowest BCUT2D eigenvalue weighted by Crippen LogP contribution is -2.32. The lowest BCUT2D eigenvalue weighted by Gasteiger charge is -2.19. The summed E-state index contributed by atoms with van der Waals surface area (Å²) < 4.78 is 11.5. The van der Waals surface area contributed by atoms with Crippen molar-refractivity contribution in [3.05, 3.63) is 59.6 Å². The van der Waals surface area contributed by atoms with Gasteiger partial charge in [-0.2, -0.15) is 4.73 Å². The zero-order chi connectivity index (χ0) is 16.9. The van der Waals surface area contributed by atoms with Crippen LogP contribution in [0.25, 0.3) is 0 Å². The van der Waals surface area contributed by atoms with Gasteiger partial charge in [0, 0.05) is 18.7 Å². The van der Waals surface area contributed by atoms with Gasteiger partial charge < -0.3 is 20.0 Å². The maximum Gasteiger partial charge on any atom is 0.407 e. The second-order valence-corrected chi connectivity index (χ2v) is 6.00. The molecular weight excluding hydrogens is 296 g/mol. The van der Waals surface area contributed by atoms with Crippen LogP contribution in [-0.4, -0.2) is 11.7 Å². The third-order valence-corrected chi connectivity index (χ3v) is 2.77. The highest BCUT2D eigenvalue weighted by Gasteiger charge is 2.15. The van der Waals surface area contributed by atoms with E-state index in [1.54, 1.807) is 24.3 Å². The molecule has 0 atom stereocenters. The summed E-state index contributed by atoms with van der Waals surface area (Å²) >= 11 is 0. The van der Waals surface area contributed by atoms with Crippen LogP contribution in [0, 0.1) is 5.21 Å². The van der Waals surface area contributed by atoms with Crippen LogP contribution in [0.2, 0.25) is 0 Å². The van der Waals surface area contributed by atoms with Crippen molar-refractivity contribution in [2.45, 2.75) is 32.9 Å². The second-order valence-electron chi connectivity index (χ2n) is 6.00. The number of pyridine rings is 1. The largest absolute Gasteiger partial charge is 0.619 e. The molecular formula is C17H20N2O4. The maximum absolute atomic E-state index is 11.6. The average Bonchev–Trinajstić information content (AvgIpc) is 2.47. The quantitative estimate of drug-likeness (QED) is 0.694. The molecule has 0 aliphatic carbocycles. The summed E-state index contributed by atoms with van der Waals surface area (Å²) in [6.07, 6.45) is 2.29. The molecule has 0 saturated heterocycles. The van der Waals surface area contributed by atoms with Crippen molar-refractivity contribution in [1.82, 2.24) is 5.32 Å². The van der Waals surface area contributed by atoms with Gasteiger partial charge in [0.15, 0.2) is 12.4 Å². The number of nitrogens with zero attached hydrogens (tertiary/aromatic N) is 1. The fraction of sp³-hybridized carbons (Fsp3) is 0.294. The molecule has 0 saturated carbocycles. The lowest BCUT2D eigenvalue weighted by molar-refractivity contribution is -0.605. The van der Waals surface area contributed by atoms with Crippen LogP contribution >= 0.6 is 0 Å². The van der Waals surface area contributed by atoms with Crippen LogP contribution in [0.1, 0.15) is 26.3 Å². The molecule has 0 unspecified atom stereocenters. The van der Waals surface area contributed by atoms with Gasteiger partial charge in [-0.15, -0.1) is 0 Å². The Bertz CT molecular complexity index is 646. The van der Waals surface area contributed by atoms with Crippen LogP contribution in [0.4, 0.5) is 4.79 Å². The van der Waals surface area contributed by atoms with E-state index in [0.29, 0.717) is 22.8 Å². The highest BCUT2D eigenvalue weighted by molar-refractivity contribution is 5.67. The first kappa shape index (κ1) is 16.6. The van der Waals surface area contributed by atoms with E-state index in [9.17, 15) is 10.0 Å². The van der Waals surface area contributed by atoms with E-state index < -0.39 is 11.7 Å². The summed E-state index contributed by atoms with van der Waals surface area (Å²) in [4.78, 5) is 11.6. The number of aromatic nitrogens is 1. The number of amides is 1. The van der Waals surface area contributed by atoms with Crippen molar-refractivity contribution in [3.8, 4) is 11.5 Å². The van der Waals surface area contributed by atoms with Crippen molar-refractivity contribution in [1.29, 1.82) is 0 Å². The number of carbonyl (C=O) groups excluding carboxylic acids is 1. The zero-order valence-electron chi connectivity index (χ0n) is 13.4. The summed E-state index contributed by atoms with van der Waals surface area (Å²) in [7, 11) is 0. The summed E-state index contributed by atoms with van der Waals surface area (Å²) in [6, 6.07) is 10.5. The molecule has 2 aromatic rings. The first-order chi connectivity index (χ1) is 10.8. The van der Waals surface area contributed by atoms with Gasteiger partial charge in [0.05, 0.1) is 0 Å². The lowest BCUT2D eigenvalue weighted by atomic mass is 10.2. The molecule has 6 heteroatoms. The first-order valence-corrected chi connectivity index (χ1v) is 7.24. The molecule has 6 nitrogen and oxygen atoms in total.